The zero-order valence-electron chi connectivity index (χ0n) is 14.3. The summed E-state index contributed by atoms with van der Waals surface area (Å²) < 4.78 is 4.91. The van der Waals surface area contributed by atoms with Crippen molar-refractivity contribution in [2.75, 3.05) is 17.7 Å². The van der Waals surface area contributed by atoms with Gasteiger partial charge in [0.15, 0.2) is 6.61 Å². The topological polar surface area (TPSA) is 122 Å². The van der Waals surface area contributed by atoms with Crippen molar-refractivity contribution in [3.8, 4) is 6.07 Å². The fourth-order valence-corrected chi connectivity index (χ4v) is 2.90. The third-order valence-electron chi connectivity index (χ3n) is 3.41. The summed E-state index contributed by atoms with van der Waals surface area (Å²) in [5, 5.41) is 22.2. The Balaban J connectivity index is 1.85. The molecule has 0 unspecified atom stereocenters. The zero-order chi connectivity index (χ0) is 19.8. The van der Waals surface area contributed by atoms with E-state index in [1.165, 1.54) is 23.9 Å². The van der Waals surface area contributed by atoms with E-state index in [2.05, 4.69) is 5.32 Å². The summed E-state index contributed by atoms with van der Waals surface area (Å²) in [6, 6.07) is 12.8. The first kappa shape index (κ1) is 19.9. The molecule has 2 aromatic carbocycles. The first-order valence-electron chi connectivity index (χ1n) is 7.73. The van der Waals surface area contributed by atoms with Gasteiger partial charge in [-0.15, -0.1) is 11.8 Å². The molecule has 27 heavy (non-hydrogen) atoms. The molecule has 1 amide bonds. The normalized spacial score (nSPS) is 9.93. The van der Waals surface area contributed by atoms with Gasteiger partial charge in [-0.05, 0) is 24.6 Å². The SMILES string of the molecule is Cc1ccccc1SCC(=O)OCC(=O)Nc1ccc([N+](=O)[O-])cc1C#N. The smallest absolute Gasteiger partial charge is 0.316 e. The molecule has 0 spiro atoms. The van der Waals surface area contributed by atoms with Gasteiger partial charge in [0.1, 0.15) is 6.07 Å². The molecule has 0 aliphatic carbocycles. The van der Waals surface area contributed by atoms with Crippen molar-refractivity contribution in [2.45, 2.75) is 11.8 Å². The van der Waals surface area contributed by atoms with Crippen LogP contribution in [0.4, 0.5) is 11.4 Å². The molecule has 1 N–H and O–H groups in total. The maximum atomic E-state index is 11.9. The van der Waals surface area contributed by atoms with Crippen molar-refractivity contribution >= 4 is 35.0 Å². The number of nitro benzene ring substituents is 1. The van der Waals surface area contributed by atoms with E-state index >= 15 is 0 Å². The zero-order valence-corrected chi connectivity index (χ0v) is 15.1. The van der Waals surface area contributed by atoms with Gasteiger partial charge in [-0.25, -0.2) is 0 Å². The van der Waals surface area contributed by atoms with Crippen molar-refractivity contribution in [1.29, 1.82) is 5.26 Å². The Labute approximate surface area is 159 Å². The van der Waals surface area contributed by atoms with Crippen LogP contribution in [0, 0.1) is 28.4 Å². The molecule has 0 saturated carbocycles. The second-order valence-corrected chi connectivity index (χ2v) is 6.38. The number of esters is 1. The predicted molar refractivity (Wildman–Crippen MR) is 99.3 cm³/mol. The molecule has 0 aliphatic rings. The Kier molecular flexibility index (Phi) is 6.91. The first-order chi connectivity index (χ1) is 12.9. The average molecular weight is 385 g/mol. The summed E-state index contributed by atoms with van der Waals surface area (Å²) >= 11 is 1.31. The van der Waals surface area contributed by atoms with E-state index in [0.29, 0.717) is 0 Å². The number of nitrogens with one attached hydrogen (secondary N) is 1. The fraction of sp³-hybridized carbons (Fsp3) is 0.167. The van der Waals surface area contributed by atoms with Gasteiger partial charge in [0.25, 0.3) is 11.6 Å². The number of carbonyl (C=O) groups excluding carboxylic acids is 2. The number of amides is 1. The number of aryl methyl sites for hydroxylation is 1. The van der Waals surface area contributed by atoms with E-state index in [1.807, 2.05) is 31.2 Å². The number of rotatable bonds is 7. The summed E-state index contributed by atoms with van der Waals surface area (Å²) in [6.07, 6.45) is 0. The molecular formula is C18H15N3O5S. The van der Waals surface area contributed by atoms with Gasteiger partial charge in [0.05, 0.1) is 21.9 Å². The maximum absolute atomic E-state index is 11.9. The molecule has 2 aromatic rings. The summed E-state index contributed by atoms with van der Waals surface area (Å²) in [6.45, 7) is 1.41. The minimum Gasteiger partial charge on any atom is -0.455 e. The molecule has 0 saturated heterocycles. The Hall–Kier alpha value is -3.38. The highest BCUT2D eigenvalue weighted by Crippen LogP contribution is 2.22. The maximum Gasteiger partial charge on any atom is 0.316 e. The van der Waals surface area contributed by atoms with Crippen LogP contribution in [0.15, 0.2) is 47.4 Å². The monoisotopic (exact) mass is 385 g/mol. The van der Waals surface area contributed by atoms with Crippen LogP contribution in [0.25, 0.3) is 0 Å². The van der Waals surface area contributed by atoms with Crippen molar-refractivity contribution < 1.29 is 19.2 Å². The number of hydrogen-bond acceptors (Lipinski definition) is 7. The van der Waals surface area contributed by atoms with E-state index in [4.69, 9.17) is 10.00 Å². The van der Waals surface area contributed by atoms with Gasteiger partial charge < -0.3 is 10.1 Å². The molecule has 2 rings (SSSR count). The van der Waals surface area contributed by atoms with Gasteiger partial charge in [-0.1, -0.05) is 18.2 Å². The van der Waals surface area contributed by atoms with Gasteiger partial charge in [0.2, 0.25) is 0 Å². The third-order valence-corrected chi connectivity index (χ3v) is 4.56. The highest BCUT2D eigenvalue weighted by Gasteiger charge is 2.14. The highest BCUT2D eigenvalue weighted by molar-refractivity contribution is 8.00. The Morgan fingerprint density at radius 2 is 2.04 bits per heavy atom. The molecule has 8 nitrogen and oxygen atoms in total. The number of non-ortho nitro benzene ring substituents is 1. The number of thioether (sulfide) groups is 1. The fourth-order valence-electron chi connectivity index (χ4n) is 2.08. The van der Waals surface area contributed by atoms with Crippen molar-refractivity contribution in [1.82, 2.24) is 0 Å². The summed E-state index contributed by atoms with van der Waals surface area (Å²) in [4.78, 5) is 34.7. The van der Waals surface area contributed by atoms with Crippen LogP contribution in [0.5, 0.6) is 0 Å². The van der Waals surface area contributed by atoms with E-state index < -0.39 is 23.4 Å². The van der Waals surface area contributed by atoms with E-state index in [9.17, 15) is 19.7 Å². The quantitative estimate of drug-likeness (QED) is 0.336. The highest BCUT2D eigenvalue weighted by atomic mass is 32.2. The average Bonchev–Trinajstić information content (AvgIpc) is 2.65. The summed E-state index contributed by atoms with van der Waals surface area (Å²) in [5.41, 5.74) is 0.830. The third kappa shape index (κ3) is 5.83. The van der Waals surface area contributed by atoms with Crippen LogP contribution >= 0.6 is 11.8 Å². The lowest BCUT2D eigenvalue weighted by Gasteiger charge is -2.08. The van der Waals surface area contributed by atoms with Crippen LogP contribution < -0.4 is 5.32 Å². The summed E-state index contributed by atoms with van der Waals surface area (Å²) in [7, 11) is 0. The van der Waals surface area contributed by atoms with Crippen LogP contribution in [0.2, 0.25) is 0 Å². The molecular weight excluding hydrogens is 370 g/mol. The van der Waals surface area contributed by atoms with Gasteiger partial charge in [-0.2, -0.15) is 5.26 Å². The Bertz CT molecular complexity index is 923. The van der Waals surface area contributed by atoms with Crippen molar-refractivity contribution in [3.63, 3.8) is 0 Å². The number of hydrogen-bond donors (Lipinski definition) is 1. The second kappa shape index (κ2) is 9.35. The van der Waals surface area contributed by atoms with Crippen LogP contribution in [-0.2, 0) is 14.3 Å². The number of anilines is 1. The lowest BCUT2D eigenvalue weighted by molar-refractivity contribution is -0.384. The number of nitriles is 1. The molecule has 0 fully saturated rings. The van der Waals surface area contributed by atoms with Gasteiger partial charge in [0, 0.05) is 17.0 Å². The molecule has 0 radical (unpaired) electrons. The second-order valence-electron chi connectivity index (χ2n) is 5.36. The standard InChI is InChI=1S/C18H15N3O5S/c1-12-4-2-3-5-16(12)27-11-18(23)26-10-17(22)20-15-7-6-14(21(24)25)8-13(15)9-19/h2-8H,10-11H2,1H3,(H,20,22). The Morgan fingerprint density at radius 3 is 2.70 bits per heavy atom. The lowest BCUT2D eigenvalue weighted by Crippen LogP contribution is -2.22. The molecule has 138 valence electrons. The van der Waals surface area contributed by atoms with Crippen LogP contribution in [0.3, 0.4) is 0 Å². The largest absolute Gasteiger partial charge is 0.455 e. The molecule has 0 aromatic heterocycles. The van der Waals surface area contributed by atoms with Crippen LogP contribution in [0.1, 0.15) is 11.1 Å². The molecule has 9 heteroatoms. The Morgan fingerprint density at radius 1 is 1.30 bits per heavy atom. The molecule has 0 bridgehead atoms. The van der Waals surface area contributed by atoms with Gasteiger partial charge in [-0.3, -0.25) is 19.7 Å². The minimum absolute atomic E-state index is 0.0547. The van der Waals surface area contributed by atoms with Gasteiger partial charge >= 0.3 is 5.97 Å². The number of carbonyl (C=O) groups is 2. The molecule has 0 aliphatic heterocycles. The predicted octanol–water partition coefficient (Wildman–Crippen LogP) is 3.05. The molecule has 0 atom stereocenters. The number of benzene rings is 2. The van der Waals surface area contributed by atoms with Crippen molar-refractivity contribution in [3.05, 3.63) is 63.7 Å². The number of ether oxygens (including phenoxy) is 1. The van der Waals surface area contributed by atoms with Crippen LogP contribution in [-0.4, -0.2) is 29.2 Å². The summed E-state index contributed by atoms with van der Waals surface area (Å²) in [5.74, 6) is -1.14. The lowest BCUT2D eigenvalue weighted by atomic mass is 10.1. The molecule has 0 heterocycles. The van der Waals surface area contributed by atoms with Crippen molar-refractivity contribution in [2.24, 2.45) is 0 Å². The minimum atomic E-state index is -0.644. The van der Waals surface area contributed by atoms with E-state index in [-0.39, 0.29) is 22.7 Å². The number of nitrogens with zero attached hydrogens (tertiary/aromatic N) is 2. The van der Waals surface area contributed by atoms with E-state index in [1.54, 1.807) is 6.07 Å². The number of nitro groups is 1. The first-order valence-corrected chi connectivity index (χ1v) is 8.71. The van der Waals surface area contributed by atoms with E-state index in [0.717, 1.165) is 16.5 Å².